The number of rotatable bonds is 6. The fourth-order valence-corrected chi connectivity index (χ4v) is 4.08. The van der Waals surface area contributed by atoms with Crippen molar-refractivity contribution in [2.45, 2.75) is 0 Å². The van der Waals surface area contributed by atoms with E-state index in [4.69, 9.17) is 4.74 Å². The van der Waals surface area contributed by atoms with Crippen LogP contribution in [0.1, 0.15) is 31.1 Å². The third-order valence-corrected chi connectivity index (χ3v) is 5.94. The Balaban J connectivity index is 1.58. The first kappa shape index (κ1) is 24.4. The number of anilines is 2. The van der Waals surface area contributed by atoms with E-state index in [2.05, 4.69) is 5.32 Å². The molecule has 3 aromatic carbocycles. The van der Waals surface area contributed by atoms with Crippen molar-refractivity contribution in [3.05, 3.63) is 99.6 Å². The van der Waals surface area contributed by atoms with Crippen molar-refractivity contribution in [1.82, 2.24) is 4.90 Å². The Morgan fingerprint density at radius 3 is 2.22 bits per heavy atom. The third kappa shape index (κ3) is 5.17. The van der Waals surface area contributed by atoms with Gasteiger partial charge in [0.05, 0.1) is 29.0 Å². The highest BCUT2D eigenvalue weighted by Crippen LogP contribution is 2.30. The van der Waals surface area contributed by atoms with Gasteiger partial charge in [0.25, 0.3) is 17.5 Å². The van der Waals surface area contributed by atoms with E-state index in [9.17, 15) is 24.5 Å². The molecule has 1 N–H and O–H groups in total. The summed E-state index contributed by atoms with van der Waals surface area (Å²) < 4.78 is 4.80. The fraction of sp³-hybridized carbons (Fsp3) is 0.192. The van der Waals surface area contributed by atoms with Crippen LogP contribution >= 0.6 is 0 Å². The number of carbonyl (C=O) groups excluding carboxylic acids is 3. The molecule has 36 heavy (non-hydrogen) atoms. The summed E-state index contributed by atoms with van der Waals surface area (Å²) in [5.74, 6) is -1.31. The average Bonchev–Trinajstić information content (AvgIpc) is 2.92. The Kier molecular flexibility index (Phi) is 7.24. The average molecular weight is 489 g/mol. The number of carbonyl (C=O) groups is 3. The molecule has 1 aliphatic heterocycles. The van der Waals surface area contributed by atoms with Gasteiger partial charge in [0, 0.05) is 37.8 Å². The van der Waals surface area contributed by atoms with Gasteiger partial charge in [-0.3, -0.25) is 19.7 Å². The van der Waals surface area contributed by atoms with Gasteiger partial charge in [-0.05, 0) is 36.4 Å². The van der Waals surface area contributed by atoms with Crippen molar-refractivity contribution in [2.75, 3.05) is 43.5 Å². The molecule has 0 unspecified atom stereocenters. The zero-order valence-corrected chi connectivity index (χ0v) is 19.5. The van der Waals surface area contributed by atoms with Crippen LogP contribution in [0, 0.1) is 10.1 Å². The molecule has 10 nitrogen and oxygen atoms in total. The first-order valence-electron chi connectivity index (χ1n) is 11.3. The topological polar surface area (TPSA) is 122 Å². The highest BCUT2D eigenvalue weighted by molar-refractivity contribution is 6.09. The predicted octanol–water partition coefficient (Wildman–Crippen LogP) is 3.60. The van der Waals surface area contributed by atoms with Crippen LogP contribution in [0.15, 0.2) is 72.8 Å². The van der Waals surface area contributed by atoms with E-state index >= 15 is 0 Å². The lowest BCUT2D eigenvalue weighted by Gasteiger charge is -2.37. The van der Waals surface area contributed by atoms with Gasteiger partial charge in [-0.1, -0.05) is 30.3 Å². The van der Waals surface area contributed by atoms with E-state index in [1.54, 1.807) is 29.2 Å². The highest BCUT2D eigenvalue weighted by atomic mass is 16.6. The van der Waals surface area contributed by atoms with Gasteiger partial charge in [0.1, 0.15) is 5.56 Å². The number of nitro groups is 1. The summed E-state index contributed by atoms with van der Waals surface area (Å²) in [6.07, 6.45) is 0. The highest BCUT2D eigenvalue weighted by Gasteiger charge is 2.26. The second-order valence-electron chi connectivity index (χ2n) is 8.10. The number of amides is 2. The number of piperazine rings is 1. The first-order chi connectivity index (χ1) is 17.4. The summed E-state index contributed by atoms with van der Waals surface area (Å²) >= 11 is 0. The number of hydrogen-bond donors (Lipinski definition) is 1. The summed E-state index contributed by atoms with van der Waals surface area (Å²) in [4.78, 5) is 52.5. The van der Waals surface area contributed by atoms with Gasteiger partial charge in [-0.15, -0.1) is 0 Å². The maximum atomic E-state index is 13.0. The maximum Gasteiger partial charge on any atom is 0.337 e. The minimum atomic E-state index is -0.677. The SMILES string of the molecule is COC(=O)c1ccc(N2CCN(C(=O)c3ccccc3)CC2)c(NC(=O)c2ccccc2[N+](=O)[O-])c1. The van der Waals surface area contributed by atoms with Gasteiger partial charge in [-0.25, -0.2) is 4.79 Å². The number of nitrogens with one attached hydrogen (secondary N) is 1. The molecule has 10 heteroatoms. The quantitative estimate of drug-likeness (QED) is 0.320. The van der Waals surface area contributed by atoms with Crippen LogP contribution in [0.5, 0.6) is 0 Å². The molecule has 0 radical (unpaired) electrons. The number of para-hydroxylation sites is 1. The molecule has 1 fully saturated rings. The minimum Gasteiger partial charge on any atom is -0.465 e. The molecule has 184 valence electrons. The summed E-state index contributed by atoms with van der Waals surface area (Å²) in [6, 6.07) is 19.4. The molecule has 1 heterocycles. The summed E-state index contributed by atoms with van der Waals surface area (Å²) in [6.45, 7) is 1.91. The molecule has 0 spiro atoms. The fourth-order valence-electron chi connectivity index (χ4n) is 4.08. The number of hydrogen-bond acceptors (Lipinski definition) is 7. The molecule has 1 aliphatic rings. The second kappa shape index (κ2) is 10.7. The Morgan fingerprint density at radius 1 is 0.889 bits per heavy atom. The summed E-state index contributed by atoms with van der Waals surface area (Å²) in [7, 11) is 1.25. The lowest BCUT2D eigenvalue weighted by molar-refractivity contribution is -0.385. The Hall–Kier alpha value is -4.73. The van der Waals surface area contributed by atoms with Gasteiger partial charge >= 0.3 is 5.97 Å². The molecule has 2 amide bonds. The van der Waals surface area contributed by atoms with Crippen molar-refractivity contribution >= 4 is 34.8 Å². The zero-order chi connectivity index (χ0) is 25.7. The van der Waals surface area contributed by atoms with Crippen LogP contribution in [-0.4, -0.2) is 60.9 Å². The Morgan fingerprint density at radius 2 is 1.56 bits per heavy atom. The van der Waals surface area contributed by atoms with Gasteiger partial charge in [0.15, 0.2) is 0 Å². The van der Waals surface area contributed by atoms with Gasteiger partial charge in [0.2, 0.25) is 0 Å². The van der Waals surface area contributed by atoms with Crippen LogP contribution in [0.4, 0.5) is 17.1 Å². The molecular weight excluding hydrogens is 464 g/mol. The van der Waals surface area contributed by atoms with Crippen molar-refractivity contribution in [3.63, 3.8) is 0 Å². The first-order valence-corrected chi connectivity index (χ1v) is 11.3. The molecule has 4 rings (SSSR count). The van der Waals surface area contributed by atoms with E-state index in [-0.39, 0.29) is 22.7 Å². The monoisotopic (exact) mass is 488 g/mol. The van der Waals surface area contributed by atoms with E-state index in [0.717, 1.165) is 0 Å². The van der Waals surface area contributed by atoms with Crippen LogP contribution in [-0.2, 0) is 4.74 Å². The van der Waals surface area contributed by atoms with E-state index < -0.39 is 16.8 Å². The van der Waals surface area contributed by atoms with Crippen LogP contribution in [0.25, 0.3) is 0 Å². The van der Waals surface area contributed by atoms with E-state index in [1.807, 2.05) is 23.1 Å². The Labute approximate surface area is 207 Å². The summed E-state index contributed by atoms with van der Waals surface area (Å²) in [5.41, 5.74) is 1.34. The smallest absolute Gasteiger partial charge is 0.337 e. The number of benzene rings is 3. The molecule has 0 bridgehead atoms. The third-order valence-electron chi connectivity index (χ3n) is 5.94. The van der Waals surface area contributed by atoms with Crippen molar-refractivity contribution < 1.29 is 24.0 Å². The number of methoxy groups -OCH3 is 1. The standard InChI is InChI=1S/C26H24N4O6/c1-36-26(33)19-11-12-23(21(17-19)27-24(31)20-9-5-6-10-22(20)30(34)35)28-13-15-29(16-14-28)25(32)18-7-3-2-4-8-18/h2-12,17H,13-16H2,1H3,(H,27,31). The number of ether oxygens (including phenoxy) is 1. The maximum absolute atomic E-state index is 13.0. The van der Waals surface area contributed by atoms with Gasteiger partial charge < -0.3 is 19.9 Å². The van der Waals surface area contributed by atoms with Gasteiger partial charge in [-0.2, -0.15) is 0 Å². The molecule has 3 aromatic rings. The number of nitro benzene ring substituents is 1. The van der Waals surface area contributed by atoms with Crippen molar-refractivity contribution in [1.29, 1.82) is 0 Å². The molecule has 0 aliphatic carbocycles. The minimum absolute atomic E-state index is 0.0544. The number of nitrogens with zero attached hydrogens (tertiary/aromatic N) is 3. The molecule has 0 saturated carbocycles. The largest absolute Gasteiger partial charge is 0.465 e. The summed E-state index contributed by atoms with van der Waals surface area (Å²) in [5, 5.41) is 14.1. The van der Waals surface area contributed by atoms with Crippen molar-refractivity contribution in [2.24, 2.45) is 0 Å². The van der Waals surface area contributed by atoms with Crippen LogP contribution < -0.4 is 10.2 Å². The molecular formula is C26H24N4O6. The lowest BCUT2D eigenvalue weighted by Crippen LogP contribution is -2.49. The molecule has 0 aromatic heterocycles. The van der Waals surface area contributed by atoms with Crippen molar-refractivity contribution in [3.8, 4) is 0 Å². The van der Waals surface area contributed by atoms with Crippen LogP contribution in [0.3, 0.4) is 0 Å². The zero-order valence-electron chi connectivity index (χ0n) is 19.5. The predicted molar refractivity (Wildman–Crippen MR) is 133 cm³/mol. The Bertz CT molecular complexity index is 1300. The number of esters is 1. The molecule has 0 atom stereocenters. The second-order valence-corrected chi connectivity index (χ2v) is 8.10. The lowest BCUT2D eigenvalue weighted by atomic mass is 10.1. The van der Waals surface area contributed by atoms with E-state index in [1.165, 1.54) is 37.4 Å². The normalized spacial score (nSPS) is 13.1. The van der Waals surface area contributed by atoms with E-state index in [0.29, 0.717) is 43.1 Å². The van der Waals surface area contributed by atoms with Crippen LogP contribution in [0.2, 0.25) is 0 Å². The molecule has 1 saturated heterocycles.